The Kier molecular flexibility index (Phi) is 7.01. The predicted molar refractivity (Wildman–Crippen MR) is 160 cm³/mol. The molecule has 0 radical (unpaired) electrons. The Morgan fingerprint density at radius 1 is 1.05 bits per heavy atom. The Morgan fingerprint density at radius 2 is 1.86 bits per heavy atom. The summed E-state index contributed by atoms with van der Waals surface area (Å²) in [4.78, 5) is 49.1. The van der Waals surface area contributed by atoms with E-state index in [0.717, 1.165) is 29.3 Å². The van der Waals surface area contributed by atoms with E-state index in [9.17, 15) is 24.6 Å². The van der Waals surface area contributed by atoms with Crippen LogP contribution in [-0.4, -0.2) is 74.6 Å². The topological polar surface area (TPSA) is 139 Å². The number of rotatable bonds is 7. The molecule has 1 aliphatic carbocycles. The molecule has 1 saturated carbocycles. The Hall–Kier alpha value is -4.83. The molecule has 10 heteroatoms. The average molecular weight is 594 g/mol. The van der Waals surface area contributed by atoms with Gasteiger partial charge >= 0.3 is 5.97 Å². The van der Waals surface area contributed by atoms with E-state index in [0.29, 0.717) is 65.7 Å². The number of hydrogen-bond donors (Lipinski definition) is 2. The fourth-order valence-electron chi connectivity index (χ4n) is 6.29. The number of aromatic carboxylic acids is 1. The summed E-state index contributed by atoms with van der Waals surface area (Å²) in [7, 11) is 0. The number of fused-ring (bicyclic) bond motifs is 2. The standard InChI is InChI=1S/C34H31N3O7/c38-12-13-43-30-16-27(36-31-24(20-4-5-20)2-1-3-25(30)31)32(40)37-10-8-34(9-11-37)17-28(39)26-15-21(6-7-29(26)44-34)22-14-23(33(41)42)19-35-18-22/h1-3,6-7,14-16,18-20,38H,4-5,8-13,17H2,(H,41,42). The highest BCUT2D eigenvalue weighted by Gasteiger charge is 2.44. The third kappa shape index (κ3) is 5.15. The summed E-state index contributed by atoms with van der Waals surface area (Å²) >= 11 is 0. The fourth-order valence-corrected chi connectivity index (χ4v) is 6.29. The van der Waals surface area contributed by atoms with Crippen LogP contribution in [0.25, 0.3) is 22.0 Å². The van der Waals surface area contributed by atoms with E-state index in [2.05, 4.69) is 11.1 Å². The molecule has 44 heavy (non-hydrogen) atoms. The van der Waals surface area contributed by atoms with E-state index in [1.54, 1.807) is 35.4 Å². The number of para-hydroxylation sites is 1. The number of aliphatic hydroxyl groups excluding tert-OH is 1. The molecule has 2 aliphatic heterocycles. The van der Waals surface area contributed by atoms with Gasteiger partial charge in [-0.3, -0.25) is 14.6 Å². The van der Waals surface area contributed by atoms with Crippen molar-refractivity contribution in [3.63, 3.8) is 0 Å². The van der Waals surface area contributed by atoms with Gasteiger partial charge in [-0.25, -0.2) is 9.78 Å². The molecule has 3 aliphatic rings. The Labute approximate surface area is 253 Å². The molecule has 1 spiro atoms. The van der Waals surface area contributed by atoms with Crippen LogP contribution in [0.5, 0.6) is 11.5 Å². The number of pyridine rings is 2. The Balaban J connectivity index is 1.10. The monoisotopic (exact) mass is 593 g/mol. The summed E-state index contributed by atoms with van der Waals surface area (Å²) < 4.78 is 12.3. The van der Waals surface area contributed by atoms with Crippen molar-refractivity contribution in [2.75, 3.05) is 26.3 Å². The number of hydrogen-bond acceptors (Lipinski definition) is 8. The van der Waals surface area contributed by atoms with Crippen molar-refractivity contribution in [3.8, 4) is 22.6 Å². The third-order valence-corrected chi connectivity index (χ3v) is 8.79. The lowest BCUT2D eigenvalue weighted by Gasteiger charge is -2.44. The number of Topliss-reactive ketones (excluding diaryl/α,β-unsaturated/α-hetero) is 1. The van der Waals surface area contributed by atoms with Crippen LogP contribution in [0.3, 0.4) is 0 Å². The number of carboxylic acid groups (broad SMARTS) is 1. The van der Waals surface area contributed by atoms with Crippen molar-refractivity contribution in [1.29, 1.82) is 0 Å². The highest BCUT2D eigenvalue weighted by atomic mass is 16.5. The first-order valence-electron chi connectivity index (χ1n) is 14.9. The zero-order valence-electron chi connectivity index (χ0n) is 24.0. The highest BCUT2D eigenvalue weighted by Crippen LogP contribution is 2.44. The van der Waals surface area contributed by atoms with E-state index in [4.69, 9.17) is 14.5 Å². The van der Waals surface area contributed by atoms with Crippen LogP contribution in [0.4, 0.5) is 0 Å². The summed E-state index contributed by atoms with van der Waals surface area (Å²) in [5.74, 6) is 0.130. The van der Waals surface area contributed by atoms with Crippen LogP contribution in [-0.2, 0) is 0 Å². The summed E-state index contributed by atoms with van der Waals surface area (Å²) in [6.45, 7) is 0.794. The van der Waals surface area contributed by atoms with Crippen LogP contribution in [0, 0.1) is 0 Å². The molecule has 7 rings (SSSR count). The molecule has 0 unspecified atom stereocenters. The number of carbonyl (C=O) groups is 3. The van der Waals surface area contributed by atoms with Crippen molar-refractivity contribution in [2.24, 2.45) is 0 Å². The summed E-state index contributed by atoms with van der Waals surface area (Å²) in [5, 5.41) is 19.5. The maximum absolute atomic E-state index is 13.7. The lowest BCUT2D eigenvalue weighted by molar-refractivity contribution is -0.00585. The number of benzene rings is 2. The van der Waals surface area contributed by atoms with Gasteiger partial charge in [-0.1, -0.05) is 18.2 Å². The van der Waals surface area contributed by atoms with E-state index in [1.165, 1.54) is 12.3 Å². The third-order valence-electron chi connectivity index (χ3n) is 8.79. The van der Waals surface area contributed by atoms with Crippen LogP contribution >= 0.6 is 0 Å². The molecule has 2 aromatic carbocycles. The minimum atomic E-state index is -1.07. The first kappa shape index (κ1) is 28.0. The van der Waals surface area contributed by atoms with Gasteiger partial charge in [0.2, 0.25) is 0 Å². The molecule has 2 aromatic heterocycles. The van der Waals surface area contributed by atoms with Crippen molar-refractivity contribution >= 4 is 28.6 Å². The number of carbonyl (C=O) groups excluding carboxylic acids is 2. The summed E-state index contributed by atoms with van der Waals surface area (Å²) in [6.07, 6.45) is 6.21. The first-order valence-corrected chi connectivity index (χ1v) is 14.9. The number of ketones is 1. The van der Waals surface area contributed by atoms with Gasteiger partial charge in [0.25, 0.3) is 5.91 Å². The number of aromatic nitrogens is 2. The Bertz CT molecular complexity index is 1810. The second-order valence-electron chi connectivity index (χ2n) is 11.8. The maximum Gasteiger partial charge on any atom is 0.337 e. The molecule has 224 valence electrons. The smallest absolute Gasteiger partial charge is 0.337 e. The van der Waals surface area contributed by atoms with E-state index >= 15 is 0 Å². The normalized spacial score (nSPS) is 17.3. The zero-order chi connectivity index (χ0) is 30.4. The molecular weight excluding hydrogens is 562 g/mol. The summed E-state index contributed by atoms with van der Waals surface area (Å²) in [6, 6.07) is 14.4. The summed E-state index contributed by atoms with van der Waals surface area (Å²) in [5.41, 5.74) is 3.28. The second-order valence-corrected chi connectivity index (χ2v) is 11.8. The fraction of sp³-hybridized carbons (Fsp3) is 0.324. The number of aliphatic hydroxyl groups is 1. The molecule has 4 aromatic rings. The van der Waals surface area contributed by atoms with Gasteiger partial charge in [-0.05, 0) is 54.2 Å². The van der Waals surface area contributed by atoms with Gasteiger partial charge in [0.15, 0.2) is 5.78 Å². The SMILES string of the molecule is O=C(O)c1cncc(-c2ccc3c(c2)C(=O)CC2(CCN(C(=O)c4cc(OCCO)c5cccc(C6CC6)c5n4)CC2)O3)c1. The molecule has 2 fully saturated rings. The minimum absolute atomic E-state index is 0.0512. The molecule has 0 atom stereocenters. The molecule has 4 heterocycles. The van der Waals surface area contributed by atoms with Gasteiger partial charge in [0.05, 0.1) is 29.7 Å². The maximum atomic E-state index is 13.7. The highest BCUT2D eigenvalue weighted by molar-refractivity contribution is 6.02. The van der Waals surface area contributed by atoms with Crippen molar-refractivity contribution < 1.29 is 34.1 Å². The van der Waals surface area contributed by atoms with Gasteiger partial charge in [0, 0.05) is 55.3 Å². The first-order chi connectivity index (χ1) is 21.3. The minimum Gasteiger partial charge on any atom is -0.490 e. The van der Waals surface area contributed by atoms with Crippen molar-refractivity contribution in [2.45, 2.75) is 43.6 Å². The van der Waals surface area contributed by atoms with Gasteiger partial charge < -0.3 is 24.6 Å². The average Bonchev–Trinajstić information content (AvgIpc) is 3.89. The van der Waals surface area contributed by atoms with Crippen LogP contribution in [0.2, 0.25) is 0 Å². The van der Waals surface area contributed by atoms with Crippen molar-refractivity contribution in [1.82, 2.24) is 14.9 Å². The van der Waals surface area contributed by atoms with Crippen molar-refractivity contribution in [3.05, 3.63) is 83.3 Å². The van der Waals surface area contributed by atoms with E-state index < -0.39 is 11.6 Å². The van der Waals surface area contributed by atoms with Gasteiger partial charge in [-0.15, -0.1) is 0 Å². The molecule has 0 bridgehead atoms. The number of ether oxygens (including phenoxy) is 2. The lowest BCUT2D eigenvalue weighted by atomic mass is 9.82. The van der Waals surface area contributed by atoms with Gasteiger partial charge in [-0.2, -0.15) is 0 Å². The molecular formula is C34H31N3O7. The second kappa shape index (κ2) is 11.0. The van der Waals surface area contributed by atoms with Crippen LogP contribution in [0.15, 0.2) is 60.9 Å². The zero-order valence-corrected chi connectivity index (χ0v) is 24.0. The van der Waals surface area contributed by atoms with Crippen LogP contribution in [0.1, 0.15) is 74.8 Å². The number of amides is 1. The lowest BCUT2D eigenvalue weighted by Crippen LogP contribution is -2.52. The quantitative estimate of drug-likeness (QED) is 0.307. The van der Waals surface area contributed by atoms with E-state index in [-0.39, 0.29) is 36.9 Å². The number of nitrogens with zero attached hydrogens (tertiary/aromatic N) is 3. The largest absolute Gasteiger partial charge is 0.490 e. The number of piperidine rings is 1. The van der Waals surface area contributed by atoms with Crippen LogP contribution < -0.4 is 9.47 Å². The predicted octanol–water partition coefficient (Wildman–Crippen LogP) is 4.88. The number of likely N-dealkylation sites (tertiary alicyclic amines) is 1. The molecule has 2 N–H and O–H groups in total. The molecule has 1 saturated heterocycles. The molecule has 10 nitrogen and oxygen atoms in total. The number of carboxylic acids is 1. The Morgan fingerprint density at radius 3 is 2.61 bits per heavy atom. The molecule has 1 amide bonds. The van der Waals surface area contributed by atoms with E-state index in [1.807, 2.05) is 12.1 Å². The van der Waals surface area contributed by atoms with Gasteiger partial charge in [0.1, 0.15) is 29.4 Å².